The average Bonchev–Trinajstić information content (AvgIpc) is 2.81. The molecule has 1 fully saturated rings. The first-order valence-electron chi connectivity index (χ1n) is 11.7. The second-order valence-corrected chi connectivity index (χ2v) is 9.60. The summed E-state index contributed by atoms with van der Waals surface area (Å²) >= 11 is 0. The number of fused-ring (bicyclic) bond motifs is 2. The Labute approximate surface area is 196 Å². The summed E-state index contributed by atoms with van der Waals surface area (Å²) in [6.07, 6.45) is 2.52. The molecule has 1 saturated carbocycles. The summed E-state index contributed by atoms with van der Waals surface area (Å²) in [5.74, 6) is -1.41. The summed E-state index contributed by atoms with van der Waals surface area (Å²) in [6.45, 7) is 4.26. The third kappa shape index (κ3) is 3.50. The van der Waals surface area contributed by atoms with Gasteiger partial charge in [-0.25, -0.2) is 9.18 Å². The molecular weight excluding hydrogens is 437 g/mol. The molecular formula is C27H28FNO5. The lowest BCUT2D eigenvalue weighted by Crippen LogP contribution is -2.41. The molecule has 0 bridgehead atoms. The molecule has 7 heteroatoms. The van der Waals surface area contributed by atoms with E-state index in [0.717, 1.165) is 36.8 Å². The summed E-state index contributed by atoms with van der Waals surface area (Å²) in [5.41, 5.74) is 2.00. The van der Waals surface area contributed by atoms with Gasteiger partial charge < -0.3 is 19.1 Å². The number of ether oxygens (including phenoxy) is 2. The Morgan fingerprint density at radius 1 is 1.24 bits per heavy atom. The van der Waals surface area contributed by atoms with Crippen LogP contribution >= 0.6 is 0 Å². The van der Waals surface area contributed by atoms with E-state index in [2.05, 4.69) is 0 Å². The van der Waals surface area contributed by atoms with E-state index in [9.17, 15) is 14.7 Å². The molecule has 0 spiro atoms. The van der Waals surface area contributed by atoms with Gasteiger partial charge in [-0.3, -0.25) is 4.79 Å². The standard InChI is InChI=1S/C27H28FNO5/c1-15-16-10-6-13-33-23(16)20(28)14-19(15)21-17-8-4-5-9-18(17)25(30)29(3)22(21)24(26(31)32)34-27(2)11-7-12-27/h4-5,8-9,14,24H,6-7,10-13H2,1-3H3,(H,31,32)/t24-/m0/s1. The predicted octanol–water partition coefficient (Wildman–Crippen LogP) is 5.06. The summed E-state index contributed by atoms with van der Waals surface area (Å²) < 4.78 is 28.4. The smallest absolute Gasteiger partial charge is 0.339 e. The van der Waals surface area contributed by atoms with Crippen LogP contribution in [0.15, 0.2) is 35.1 Å². The van der Waals surface area contributed by atoms with E-state index in [1.165, 1.54) is 10.6 Å². The highest BCUT2D eigenvalue weighted by Gasteiger charge is 2.40. The summed E-state index contributed by atoms with van der Waals surface area (Å²) in [6, 6.07) is 8.46. The molecule has 1 aromatic heterocycles. The molecule has 5 rings (SSSR count). The molecule has 2 aromatic carbocycles. The lowest BCUT2D eigenvalue weighted by atomic mass is 9.81. The summed E-state index contributed by atoms with van der Waals surface area (Å²) in [4.78, 5) is 25.9. The molecule has 34 heavy (non-hydrogen) atoms. The normalized spacial score (nSPS) is 17.5. The van der Waals surface area contributed by atoms with Crippen LogP contribution in [0.1, 0.15) is 55.5 Å². The lowest BCUT2D eigenvalue weighted by Gasteiger charge is -2.40. The maximum atomic E-state index is 15.3. The molecule has 0 radical (unpaired) electrons. The SMILES string of the molecule is Cc1c(-c2c([C@H](OC3(C)CCC3)C(=O)O)n(C)c(=O)c3ccccc23)cc(F)c2c1CCCO2. The lowest BCUT2D eigenvalue weighted by molar-refractivity contribution is -0.175. The van der Waals surface area contributed by atoms with Crippen LogP contribution in [0.25, 0.3) is 21.9 Å². The molecule has 1 aliphatic carbocycles. The first kappa shape index (κ1) is 22.6. The van der Waals surface area contributed by atoms with Crippen molar-refractivity contribution in [3.63, 3.8) is 0 Å². The van der Waals surface area contributed by atoms with E-state index in [-0.39, 0.29) is 17.0 Å². The van der Waals surface area contributed by atoms with E-state index in [1.54, 1.807) is 31.3 Å². The Kier molecular flexibility index (Phi) is 5.47. The Morgan fingerprint density at radius 3 is 2.59 bits per heavy atom. The van der Waals surface area contributed by atoms with E-state index in [4.69, 9.17) is 9.47 Å². The quantitative estimate of drug-likeness (QED) is 0.570. The highest BCUT2D eigenvalue weighted by molar-refractivity contribution is 5.99. The second-order valence-electron chi connectivity index (χ2n) is 9.60. The van der Waals surface area contributed by atoms with E-state index in [0.29, 0.717) is 34.9 Å². The summed E-state index contributed by atoms with van der Waals surface area (Å²) in [7, 11) is 1.56. The van der Waals surface area contributed by atoms with Gasteiger partial charge in [0.15, 0.2) is 17.7 Å². The maximum Gasteiger partial charge on any atom is 0.339 e. The number of carboxylic acids is 1. The van der Waals surface area contributed by atoms with Crippen LogP contribution in [0.4, 0.5) is 4.39 Å². The molecule has 1 atom stereocenters. The molecule has 2 aliphatic rings. The highest BCUT2D eigenvalue weighted by Crippen LogP contribution is 2.45. The second kappa shape index (κ2) is 8.24. The molecule has 0 amide bonds. The predicted molar refractivity (Wildman–Crippen MR) is 127 cm³/mol. The Hall–Kier alpha value is -3.19. The number of aliphatic carboxylic acids is 1. The van der Waals surface area contributed by atoms with Crippen LogP contribution in [-0.4, -0.2) is 27.9 Å². The van der Waals surface area contributed by atoms with Gasteiger partial charge in [-0.2, -0.15) is 0 Å². The highest BCUT2D eigenvalue weighted by atomic mass is 19.1. The van der Waals surface area contributed by atoms with E-state index in [1.807, 2.05) is 13.8 Å². The van der Waals surface area contributed by atoms with Crippen LogP contribution in [0.2, 0.25) is 0 Å². The largest absolute Gasteiger partial charge is 0.490 e. The van der Waals surface area contributed by atoms with Crippen molar-refractivity contribution in [1.29, 1.82) is 0 Å². The number of nitrogens with zero attached hydrogens (tertiary/aromatic N) is 1. The molecule has 6 nitrogen and oxygen atoms in total. The minimum Gasteiger partial charge on any atom is -0.490 e. The zero-order valence-corrected chi connectivity index (χ0v) is 19.6. The number of carbonyl (C=O) groups is 1. The van der Waals surface area contributed by atoms with Gasteiger partial charge >= 0.3 is 5.97 Å². The van der Waals surface area contributed by atoms with Gasteiger partial charge in [0.05, 0.1) is 17.9 Å². The zero-order chi connectivity index (χ0) is 24.2. The number of hydrogen-bond donors (Lipinski definition) is 1. The van der Waals surface area contributed by atoms with Gasteiger partial charge in [-0.1, -0.05) is 18.2 Å². The average molecular weight is 466 g/mol. The Morgan fingerprint density at radius 2 is 1.94 bits per heavy atom. The van der Waals surface area contributed by atoms with E-state index < -0.39 is 23.5 Å². The Bertz CT molecular complexity index is 1370. The summed E-state index contributed by atoms with van der Waals surface area (Å²) in [5, 5.41) is 11.3. The molecule has 178 valence electrons. The van der Waals surface area contributed by atoms with Crippen molar-refractivity contribution in [2.24, 2.45) is 7.05 Å². The maximum absolute atomic E-state index is 15.3. The number of halogens is 1. The van der Waals surface area contributed by atoms with Crippen molar-refractivity contribution in [2.75, 3.05) is 6.61 Å². The van der Waals surface area contributed by atoms with Crippen LogP contribution in [0, 0.1) is 12.7 Å². The number of hydrogen-bond acceptors (Lipinski definition) is 4. The fourth-order valence-corrected chi connectivity index (χ4v) is 5.29. The number of benzene rings is 2. The molecule has 0 unspecified atom stereocenters. The number of rotatable bonds is 5. The van der Waals surface area contributed by atoms with Gasteiger partial charge in [0.1, 0.15) is 0 Å². The van der Waals surface area contributed by atoms with Gasteiger partial charge in [0.2, 0.25) is 0 Å². The van der Waals surface area contributed by atoms with Gasteiger partial charge in [0, 0.05) is 23.6 Å². The molecule has 2 heterocycles. The van der Waals surface area contributed by atoms with Gasteiger partial charge in [-0.15, -0.1) is 0 Å². The molecule has 1 N–H and O–H groups in total. The Balaban J connectivity index is 1.86. The minimum atomic E-state index is -1.38. The third-order valence-electron chi connectivity index (χ3n) is 7.34. The fraction of sp³-hybridized carbons (Fsp3) is 0.407. The fourth-order valence-electron chi connectivity index (χ4n) is 5.29. The van der Waals surface area contributed by atoms with Crippen molar-refractivity contribution in [3.05, 3.63) is 63.3 Å². The zero-order valence-electron chi connectivity index (χ0n) is 19.6. The third-order valence-corrected chi connectivity index (χ3v) is 7.34. The van der Waals surface area contributed by atoms with Crippen molar-refractivity contribution in [3.8, 4) is 16.9 Å². The van der Waals surface area contributed by atoms with Crippen molar-refractivity contribution in [1.82, 2.24) is 4.57 Å². The van der Waals surface area contributed by atoms with Crippen molar-refractivity contribution < 1.29 is 23.8 Å². The number of pyridine rings is 1. The van der Waals surface area contributed by atoms with Crippen LogP contribution in [0.5, 0.6) is 5.75 Å². The van der Waals surface area contributed by atoms with Crippen LogP contribution in [0.3, 0.4) is 0 Å². The number of carboxylic acid groups (broad SMARTS) is 1. The van der Waals surface area contributed by atoms with Crippen LogP contribution in [-0.2, 0) is 23.0 Å². The van der Waals surface area contributed by atoms with Gasteiger partial charge in [-0.05, 0) is 74.6 Å². The first-order valence-corrected chi connectivity index (χ1v) is 11.7. The topological polar surface area (TPSA) is 77.8 Å². The molecule has 1 aliphatic heterocycles. The number of aromatic nitrogens is 1. The minimum absolute atomic E-state index is 0.225. The van der Waals surface area contributed by atoms with Crippen LogP contribution < -0.4 is 10.3 Å². The molecule has 3 aromatic rings. The van der Waals surface area contributed by atoms with E-state index >= 15 is 4.39 Å². The van der Waals surface area contributed by atoms with Crippen molar-refractivity contribution in [2.45, 2.75) is 57.7 Å². The monoisotopic (exact) mass is 465 g/mol. The molecule has 0 saturated heterocycles. The first-order chi connectivity index (χ1) is 16.2. The van der Waals surface area contributed by atoms with Crippen molar-refractivity contribution >= 4 is 16.7 Å². The van der Waals surface area contributed by atoms with Gasteiger partial charge in [0.25, 0.3) is 5.56 Å².